The van der Waals surface area contributed by atoms with Crippen LogP contribution in [0.15, 0.2) is 24.3 Å². The highest BCUT2D eigenvalue weighted by Crippen LogP contribution is 2.12. The first-order chi connectivity index (χ1) is 5.86. The molecule has 0 aliphatic rings. The number of hydrogen-bond acceptors (Lipinski definition) is 2. The average molecular weight is 182 g/mol. The van der Waals surface area contributed by atoms with Gasteiger partial charge in [-0.25, -0.2) is 0 Å². The zero-order valence-corrected chi connectivity index (χ0v) is 8.18. The van der Waals surface area contributed by atoms with E-state index in [9.17, 15) is 0 Å². The minimum absolute atomic E-state index is 0.728. The molecule has 0 aliphatic heterocycles. The Morgan fingerprint density at radius 3 is 2.42 bits per heavy atom. The zero-order valence-electron chi connectivity index (χ0n) is 7.29. The summed E-state index contributed by atoms with van der Waals surface area (Å²) in [6.07, 6.45) is 1.02. The van der Waals surface area contributed by atoms with Crippen molar-refractivity contribution < 1.29 is 4.74 Å². The Hall–Kier alpha value is -0.630. The van der Waals surface area contributed by atoms with Crippen LogP contribution in [0.25, 0.3) is 0 Å². The number of ether oxygens (including phenoxy) is 1. The van der Waals surface area contributed by atoms with E-state index in [1.165, 1.54) is 5.56 Å². The molecular weight excluding hydrogens is 168 g/mol. The average Bonchev–Trinajstić information content (AvgIpc) is 2.09. The van der Waals surface area contributed by atoms with Crippen molar-refractivity contribution >= 4 is 12.6 Å². The van der Waals surface area contributed by atoms with Gasteiger partial charge >= 0.3 is 0 Å². The molecule has 0 heterocycles. The first-order valence-corrected chi connectivity index (χ1v) is 4.82. The van der Waals surface area contributed by atoms with Gasteiger partial charge in [0.1, 0.15) is 5.75 Å². The molecule has 0 aliphatic carbocycles. The third kappa shape index (κ3) is 2.78. The summed E-state index contributed by atoms with van der Waals surface area (Å²) in [4.78, 5) is 0. The maximum atomic E-state index is 5.32. The van der Waals surface area contributed by atoms with Gasteiger partial charge < -0.3 is 4.74 Å². The Morgan fingerprint density at radius 1 is 1.25 bits per heavy atom. The zero-order chi connectivity index (χ0) is 8.81. The van der Waals surface area contributed by atoms with Crippen LogP contribution in [0.2, 0.25) is 0 Å². The SMILES string of the molecule is CCOc1ccc(CCS)cc1. The largest absolute Gasteiger partial charge is 0.494 e. The monoisotopic (exact) mass is 182 g/mol. The van der Waals surface area contributed by atoms with Crippen LogP contribution in [-0.2, 0) is 6.42 Å². The molecule has 0 bridgehead atoms. The number of thiol groups is 1. The molecule has 1 aromatic carbocycles. The van der Waals surface area contributed by atoms with Gasteiger partial charge in [0.15, 0.2) is 0 Å². The summed E-state index contributed by atoms with van der Waals surface area (Å²) >= 11 is 4.17. The lowest BCUT2D eigenvalue weighted by molar-refractivity contribution is 0.340. The Labute approximate surface area is 79.2 Å². The van der Waals surface area contributed by atoms with Crippen LogP contribution in [0.1, 0.15) is 12.5 Å². The molecule has 0 fully saturated rings. The van der Waals surface area contributed by atoms with Crippen molar-refractivity contribution in [2.75, 3.05) is 12.4 Å². The number of rotatable bonds is 4. The van der Waals surface area contributed by atoms with E-state index in [-0.39, 0.29) is 0 Å². The molecule has 0 spiro atoms. The highest BCUT2D eigenvalue weighted by Gasteiger charge is 1.92. The van der Waals surface area contributed by atoms with Gasteiger partial charge in [-0.05, 0) is 36.8 Å². The summed E-state index contributed by atoms with van der Waals surface area (Å²) < 4.78 is 5.32. The van der Waals surface area contributed by atoms with Gasteiger partial charge in [-0.3, -0.25) is 0 Å². The van der Waals surface area contributed by atoms with Gasteiger partial charge in [0, 0.05) is 0 Å². The molecule has 0 N–H and O–H groups in total. The van der Waals surface area contributed by atoms with Crippen LogP contribution < -0.4 is 4.74 Å². The second-order valence-electron chi connectivity index (χ2n) is 2.55. The van der Waals surface area contributed by atoms with E-state index in [2.05, 4.69) is 24.8 Å². The smallest absolute Gasteiger partial charge is 0.119 e. The van der Waals surface area contributed by atoms with Crippen molar-refractivity contribution in [2.24, 2.45) is 0 Å². The summed E-state index contributed by atoms with van der Waals surface area (Å²) in [7, 11) is 0. The van der Waals surface area contributed by atoms with Gasteiger partial charge in [0.05, 0.1) is 6.61 Å². The van der Waals surface area contributed by atoms with Gasteiger partial charge in [0.2, 0.25) is 0 Å². The normalized spacial score (nSPS) is 9.83. The van der Waals surface area contributed by atoms with E-state index >= 15 is 0 Å². The minimum Gasteiger partial charge on any atom is -0.494 e. The molecule has 0 unspecified atom stereocenters. The molecule has 0 amide bonds. The summed E-state index contributed by atoms with van der Waals surface area (Å²) in [5.74, 6) is 1.84. The second-order valence-corrected chi connectivity index (χ2v) is 3.00. The lowest BCUT2D eigenvalue weighted by Crippen LogP contribution is -1.91. The van der Waals surface area contributed by atoms with Crippen molar-refractivity contribution in [1.82, 2.24) is 0 Å². The molecule has 1 nitrogen and oxygen atoms in total. The van der Waals surface area contributed by atoms with Gasteiger partial charge in [-0.15, -0.1) is 0 Å². The van der Waals surface area contributed by atoms with Crippen LogP contribution in [-0.4, -0.2) is 12.4 Å². The van der Waals surface area contributed by atoms with E-state index in [1.54, 1.807) is 0 Å². The van der Waals surface area contributed by atoms with Crippen molar-refractivity contribution in [1.29, 1.82) is 0 Å². The molecule has 2 heteroatoms. The summed E-state index contributed by atoms with van der Waals surface area (Å²) in [5, 5.41) is 0. The van der Waals surface area contributed by atoms with Crippen molar-refractivity contribution in [3.05, 3.63) is 29.8 Å². The maximum absolute atomic E-state index is 5.32. The lowest BCUT2D eigenvalue weighted by Gasteiger charge is -2.03. The molecule has 0 radical (unpaired) electrons. The molecule has 66 valence electrons. The Morgan fingerprint density at radius 2 is 1.92 bits per heavy atom. The quantitative estimate of drug-likeness (QED) is 0.704. The van der Waals surface area contributed by atoms with E-state index < -0.39 is 0 Å². The molecule has 1 aromatic rings. The highest BCUT2D eigenvalue weighted by molar-refractivity contribution is 7.80. The van der Waals surface area contributed by atoms with Crippen LogP contribution in [0.5, 0.6) is 5.75 Å². The fourth-order valence-corrected chi connectivity index (χ4v) is 1.31. The Bertz CT molecular complexity index is 193. The molecule has 0 atom stereocenters. The maximum Gasteiger partial charge on any atom is 0.119 e. The van der Waals surface area contributed by atoms with E-state index in [4.69, 9.17) is 4.74 Å². The van der Waals surface area contributed by atoms with Gasteiger partial charge in [-0.1, -0.05) is 12.1 Å². The molecule has 12 heavy (non-hydrogen) atoms. The summed E-state index contributed by atoms with van der Waals surface area (Å²) in [6.45, 7) is 2.72. The molecule has 0 aromatic heterocycles. The standard InChI is InChI=1S/C10H14OS/c1-2-11-10-5-3-9(4-6-10)7-8-12/h3-6,12H,2,7-8H2,1H3. The third-order valence-electron chi connectivity index (χ3n) is 1.63. The van der Waals surface area contributed by atoms with Crippen molar-refractivity contribution in [2.45, 2.75) is 13.3 Å². The first-order valence-electron chi connectivity index (χ1n) is 4.19. The highest BCUT2D eigenvalue weighted by atomic mass is 32.1. The van der Waals surface area contributed by atoms with Gasteiger partial charge in [0.25, 0.3) is 0 Å². The number of benzene rings is 1. The molecule has 1 rings (SSSR count). The summed E-state index contributed by atoms with van der Waals surface area (Å²) in [6, 6.07) is 8.17. The van der Waals surface area contributed by atoms with E-state index in [0.717, 1.165) is 24.5 Å². The van der Waals surface area contributed by atoms with Gasteiger partial charge in [-0.2, -0.15) is 12.6 Å². The predicted octanol–water partition coefficient (Wildman–Crippen LogP) is 2.56. The van der Waals surface area contributed by atoms with E-state index in [0.29, 0.717) is 0 Å². The van der Waals surface area contributed by atoms with Crippen molar-refractivity contribution in [3.63, 3.8) is 0 Å². The third-order valence-corrected chi connectivity index (χ3v) is 1.86. The molecule has 0 saturated heterocycles. The Balaban J connectivity index is 2.58. The predicted molar refractivity (Wildman–Crippen MR) is 55.2 cm³/mol. The lowest BCUT2D eigenvalue weighted by atomic mass is 10.2. The number of hydrogen-bond donors (Lipinski definition) is 1. The summed E-state index contributed by atoms with van der Waals surface area (Å²) in [5.41, 5.74) is 1.31. The fourth-order valence-electron chi connectivity index (χ4n) is 1.05. The topological polar surface area (TPSA) is 9.23 Å². The molecular formula is C10H14OS. The fraction of sp³-hybridized carbons (Fsp3) is 0.400. The van der Waals surface area contributed by atoms with Crippen LogP contribution in [0, 0.1) is 0 Å². The van der Waals surface area contributed by atoms with Crippen molar-refractivity contribution in [3.8, 4) is 5.75 Å². The van der Waals surface area contributed by atoms with Crippen LogP contribution >= 0.6 is 12.6 Å². The first kappa shape index (κ1) is 9.46. The Kier molecular flexibility index (Phi) is 4.01. The number of aryl methyl sites for hydroxylation is 1. The molecule has 0 saturated carbocycles. The van der Waals surface area contributed by atoms with E-state index in [1.807, 2.05) is 19.1 Å². The minimum atomic E-state index is 0.728. The second kappa shape index (κ2) is 5.09. The van der Waals surface area contributed by atoms with Crippen LogP contribution in [0.3, 0.4) is 0 Å². The van der Waals surface area contributed by atoms with Crippen LogP contribution in [0.4, 0.5) is 0 Å².